The summed E-state index contributed by atoms with van der Waals surface area (Å²) in [5.74, 6) is -0.450. The number of hydrogen-bond acceptors (Lipinski definition) is 5. The lowest BCUT2D eigenvalue weighted by molar-refractivity contribution is 0.0694. The van der Waals surface area contributed by atoms with Gasteiger partial charge in [-0.1, -0.05) is 13.8 Å². The molecule has 0 radical (unpaired) electrons. The molecule has 2 heterocycles. The maximum absolute atomic E-state index is 11.7. The molecule has 0 atom stereocenters. The molecule has 1 saturated heterocycles. The first-order valence-corrected chi connectivity index (χ1v) is 7.52. The highest BCUT2D eigenvalue weighted by Crippen LogP contribution is 2.27. The second-order valence-electron chi connectivity index (χ2n) is 5.29. The number of carboxylic acid groups (broad SMARTS) is 1. The Kier molecular flexibility index (Phi) is 5.12. The van der Waals surface area contributed by atoms with Crippen molar-refractivity contribution in [1.29, 1.82) is 0 Å². The van der Waals surface area contributed by atoms with Gasteiger partial charge in [0.1, 0.15) is 5.56 Å². The van der Waals surface area contributed by atoms with Gasteiger partial charge in [-0.15, -0.1) is 5.10 Å². The molecular formula is C15H23N3O3. The topological polar surface area (TPSA) is 75.5 Å². The highest BCUT2D eigenvalue weighted by Gasteiger charge is 2.27. The van der Waals surface area contributed by atoms with Crippen LogP contribution in [0.5, 0.6) is 0 Å². The molecule has 0 amide bonds. The molecule has 116 valence electrons. The van der Waals surface area contributed by atoms with Gasteiger partial charge >= 0.3 is 5.97 Å². The Morgan fingerprint density at radius 3 is 2.48 bits per heavy atom. The zero-order valence-electron chi connectivity index (χ0n) is 12.9. The Balaban J connectivity index is 2.44. The van der Waals surface area contributed by atoms with Crippen LogP contribution in [-0.2, 0) is 17.6 Å². The number of ether oxygens (including phenoxy) is 1. The van der Waals surface area contributed by atoms with Crippen LogP contribution in [0.25, 0.3) is 0 Å². The highest BCUT2D eigenvalue weighted by atomic mass is 16.5. The zero-order chi connectivity index (χ0) is 15.4. The quantitative estimate of drug-likeness (QED) is 0.894. The summed E-state index contributed by atoms with van der Waals surface area (Å²) < 4.78 is 5.37. The van der Waals surface area contributed by atoms with Crippen molar-refractivity contribution in [2.45, 2.75) is 45.6 Å². The third kappa shape index (κ3) is 3.15. The molecule has 1 fully saturated rings. The van der Waals surface area contributed by atoms with Crippen molar-refractivity contribution in [2.24, 2.45) is 0 Å². The molecular weight excluding hydrogens is 270 g/mol. The van der Waals surface area contributed by atoms with E-state index in [1.54, 1.807) is 0 Å². The number of carbonyl (C=O) groups is 1. The van der Waals surface area contributed by atoms with Crippen LogP contribution in [0.1, 0.15) is 48.3 Å². The number of aromatic carboxylic acids is 1. The van der Waals surface area contributed by atoms with Crippen LogP contribution in [0.15, 0.2) is 0 Å². The summed E-state index contributed by atoms with van der Waals surface area (Å²) in [7, 11) is 1.90. The number of carboxylic acids is 1. The van der Waals surface area contributed by atoms with E-state index in [4.69, 9.17) is 4.74 Å². The third-order valence-electron chi connectivity index (χ3n) is 4.11. The van der Waals surface area contributed by atoms with E-state index in [2.05, 4.69) is 10.2 Å². The summed E-state index contributed by atoms with van der Waals surface area (Å²) in [6, 6.07) is 0.253. The van der Waals surface area contributed by atoms with Crippen LogP contribution in [-0.4, -0.2) is 47.6 Å². The first kappa shape index (κ1) is 15.7. The smallest absolute Gasteiger partial charge is 0.339 e. The first-order chi connectivity index (χ1) is 10.1. The summed E-state index contributed by atoms with van der Waals surface area (Å²) in [6.45, 7) is 5.34. The monoisotopic (exact) mass is 293 g/mol. The predicted octanol–water partition coefficient (Wildman–Crippen LogP) is 1.91. The molecule has 0 aliphatic carbocycles. The van der Waals surface area contributed by atoms with E-state index >= 15 is 0 Å². The SMILES string of the molecule is CCc1nnc(N(C)C2CCOCC2)c(C(=O)O)c1CC. The van der Waals surface area contributed by atoms with E-state index in [1.807, 2.05) is 25.8 Å². The summed E-state index contributed by atoms with van der Waals surface area (Å²) >= 11 is 0. The zero-order valence-corrected chi connectivity index (χ0v) is 12.9. The van der Waals surface area contributed by atoms with Gasteiger partial charge in [-0.05, 0) is 31.2 Å². The Labute approximate surface area is 125 Å². The van der Waals surface area contributed by atoms with Gasteiger partial charge in [-0.2, -0.15) is 5.10 Å². The van der Waals surface area contributed by atoms with Gasteiger partial charge in [0.25, 0.3) is 0 Å². The Morgan fingerprint density at radius 1 is 1.29 bits per heavy atom. The lowest BCUT2D eigenvalue weighted by Gasteiger charge is -2.32. The minimum absolute atomic E-state index is 0.253. The largest absolute Gasteiger partial charge is 0.478 e. The van der Waals surface area contributed by atoms with Crippen molar-refractivity contribution in [3.8, 4) is 0 Å². The van der Waals surface area contributed by atoms with E-state index in [0.717, 1.165) is 24.1 Å². The molecule has 0 aromatic carbocycles. The average Bonchev–Trinajstić information content (AvgIpc) is 2.53. The molecule has 0 bridgehead atoms. The normalized spacial score (nSPS) is 16.0. The maximum atomic E-state index is 11.7. The average molecular weight is 293 g/mol. The van der Waals surface area contributed by atoms with Crippen LogP contribution in [0.3, 0.4) is 0 Å². The van der Waals surface area contributed by atoms with Gasteiger partial charge < -0.3 is 14.7 Å². The molecule has 0 spiro atoms. The minimum Gasteiger partial charge on any atom is -0.478 e. The molecule has 0 unspecified atom stereocenters. The molecule has 1 aromatic heterocycles. The van der Waals surface area contributed by atoms with Crippen LogP contribution in [0, 0.1) is 0 Å². The number of nitrogens with zero attached hydrogens (tertiary/aromatic N) is 3. The van der Waals surface area contributed by atoms with Crippen LogP contribution in [0.4, 0.5) is 5.82 Å². The second kappa shape index (κ2) is 6.85. The molecule has 1 aromatic rings. The van der Waals surface area contributed by atoms with Gasteiger partial charge in [0.05, 0.1) is 5.69 Å². The summed E-state index contributed by atoms with van der Waals surface area (Å²) in [6.07, 6.45) is 3.11. The van der Waals surface area contributed by atoms with Crippen molar-refractivity contribution < 1.29 is 14.6 Å². The number of hydrogen-bond donors (Lipinski definition) is 1. The number of anilines is 1. The Bertz CT molecular complexity index is 513. The van der Waals surface area contributed by atoms with Gasteiger partial charge in [-0.3, -0.25) is 0 Å². The van der Waals surface area contributed by atoms with Crippen molar-refractivity contribution in [2.75, 3.05) is 25.2 Å². The molecule has 1 aliphatic rings. The number of aryl methyl sites for hydroxylation is 1. The molecule has 6 heteroatoms. The van der Waals surface area contributed by atoms with Gasteiger partial charge in [0.15, 0.2) is 5.82 Å². The maximum Gasteiger partial charge on any atom is 0.339 e. The standard InChI is InChI=1S/C15H23N3O3/c1-4-11-12(5-2)16-17-14(13(11)15(19)20)18(3)10-6-8-21-9-7-10/h10H,4-9H2,1-3H3,(H,19,20). The lowest BCUT2D eigenvalue weighted by Crippen LogP contribution is -2.38. The Hall–Kier alpha value is -1.69. The van der Waals surface area contributed by atoms with E-state index in [1.165, 1.54) is 0 Å². The number of rotatable bonds is 5. The van der Waals surface area contributed by atoms with Crippen LogP contribution >= 0.6 is 0 Å². The van der Waals surface area contributed by atoms with E-state index in [-0.39, 0.29) is 6.04 Å². The van der Waals surface area contributed by atoms with Crippen LogP contribution in [0.2, 0.25) is 0 Å². The fraction of sp³-hybridized carbons (Fsp3) is 0.667. The van der Waals surface area contributed by atoms with Gasteiger partial charge in [-0.25, -0.2) is 4.79 Å². The summed E-state index contributed by atoms with van der Waals surface area (Å²) in [5, 5.41) is 18.1. The van der Waals surface area contributed by atoms with E-state index in [0.29, 0.717) is 37.4 Å². The molecule has 1 N–H and O–H groups in total. The predicted molar refractivity (Wildman–Crippen MR) is 80.0 cm³/mol. The minimum atomic E-state index is -0.926. The van der Waals surface area contributed by atoms with E-state index < -0.39 is 5.97 Å². The molecule has 1 aliphatic heterocycles. The Morgan fingerprint density at radius 2 is 1.95 bits per heavy atom. The van der Waals surface area contributed by atoms with Crippen molar-refractivity contribution in [3.63, 3.8) is 0 Å². The third-order valence-corrected chi connectivity index (χ3v) is 4.11. The second-order valence-corrected chi connectivity index (χ2v) is 5.29. The summed E-state index contributed by atoms with van der Waals surface area (Å²) in [4.78, 5) is 13.7. The van der Waals surface area contributed by atoms with Crippen molar-refractivity contribution in [3.05, 3.63) is 16.8 Å². The molecule has 21 heavy (non-hydrogen) atoms. The first-order valence-electron chi connectivity index (χ1n) is 7.52. The van der Waals surface area contributed by atoms with Crippen molar-refractivity contribution >= 4 is 11.8 Å². The van der Waals surface area contributed by atoms with Crippen LogP contribution < -0.4 is 4.90 Å². The molecule has 2 rings (SSSR count). The summed E-state index contributed by atoms with van der Waals surface area (Å²) in [5.41, 5.74) is 1.88. The van der Waals surface area contributed by atoms with Gasteiger partial charge in [0.2, 0.25) is 0 Å². The lowest BCUT2D eigenvalue weighted by atomic mass is 10.0. The van der Waals surface area contributed by atoms with E-state index in [9.17, 15) is 9.90 Å². The fourth-order valence-electron chi connectivity index (χ4n) is 2.88. The number of aromatic nitrogens is 2. The fourth-order valence-corrected chi connectivity index (χ4v) is 2.88. The highest BCUT2D eigenvalue weighted by molar-refractivity contribution is 5.95. The van der Waals surface area contributed by atoms with Gasteiger partial charge in [0, 0.05) is 26.3 Å². The van der Waals surface area contributed by atoms with Crippen molar-refractivity contribution in [1.82, 2.24) is 10.2 Å². The molecule has 0 saturated carbocycles. The molecule has 6 nitrogen and oxygen atoms in total.